The lowest BCUT2D eigenvalue weighted by molar-refractivity contribution is 0.331. The number of H-pyrrole nitrogens is 2. The topological polar surface area (TPSA) is 96.1 Å². The molecule has 0 bridgehead atoms. The van der Waals surface area contributed by atoms with Crippen molar-refractivity contribution in [3.8, 4) is 22.6 Å². The third-order valence-corrected chi connectivity index (χ3v) is 6.19. The second kappa shape index (κ2) is 7.91. The summed E-state index contributed by atoms with van der Waals surface area (Å²) in [6, 6.07) is 18.0. The van der Waals surface area contributed by atoms with Gasteiger partial charge in [-0.3, -0.25) is 0 Å². The Bertz CT molecular complexity index is 1600. The van der Waals surface area contributed by atoms with E-state index in [1.165, 1.54) is 0 Å². The van der Waals surface area contributed by atoms with E-state index in [4.69, 9.17) is 9.47 Å². The predicted molar refractivity (Wildman–Crippen MR) is 132 cm³/mol. The van der Waals surface area contributed by atoms with Crippen LogP contribution in [-0.2, 0) is 6.54 Å². The summed E-state index contributed by atoms with van der Waals surface area (Å²) in [5, 5.41) is 0.832. The quantitative estimate of drug-likeness (QED) is 0.425. The van der Waals surface area contributed by atoms with Crippen molar-refractivity contribution in [1.29, 1.82) is 0 Å². The van der Waals surface area contributed by atoms with Crippen LogP contribution >= 0.6 is 0 Å². The normalized spacial score (nSPS) is 13.5. The monoisotopic (exact) mass is 453 g/mol. The number of benzene rings is 3. The molecule has 0 fully saturated rings. The van der Waals surface area contributed by atoms with Crippen molar-refractivity contribution >= 4 is 27.8 Å². The molecule has 0 spiro atoms. The molecule has 0 radical (unpaired) electrons. The highest BCUT2D eigenvalue weighted by Gasteiger charge is 2.20. The number of nitrogens with zero attached hydrogens (tertiary/aromatic N) is 3. The molecule has 0 atom stereocenters. The van der Waals surface area contributed by atoms with E-state index in [0.29, 0.717) is 31.3 Å². The average Bonchev–Trinajstić information content (AvgIpc) is 3.08. The summed E-state index contributed by atoms with van der Waals surface area (Å²) in [4.78, 5) is 29.3. The molecule has 1 aliphatic rings. The first-order chi connectivity index (χ1) is 16.6. The fourth-order valence-corrected chi connectivity index (χ4v) is 4.56. The smallest absolute Gasteiger partial charge is 0.347 e. The first-order valence-electron chi connectivity index (χ1n) is 11.1. The summed E-state index contributed by atoms with van der Waals surface area (Å²) in [5.41, 5.74) is 5.52. The van der Waals surface area contributed by atoms with Gasteiger partial charge >= 0.3 is 5.69 Å². The van der Waals surface area contributed by atoms with Gasteiger partial charge in [-0.25, -0.2) is 9.78 Å². The Labute approximate surface area is 195 Å². The molecule has 5 aromatic rings. The van der Waals surface area contributed by atoms with Crippen LogP contribution < -0.4 is 20.1 Å². The number of ether oxygens (including phenoxy) is 2. The molecule has 34 heavy (non-hydrogen) atoms. The van der Waals surface area contributed by atoms with Crippen LogP contribution in [0.4, 0.5) is 5.82 Å². The number of aromatic nitrogens is 4. The van der Waals surface area contributed by atoms with Gasteiger partial charge in [0.2, 0.25) is 0 Å². The molecule has 2 N–H and O–H groups in total. The van der Waals surface area contributed by atoms with E-state index < -0.39 is 0 Å². The van der Waals surface area contributed by atoms with Crippen molar-refractivity contribution in [3.63, 3.8) is 0 Å². The molecule has 0 saturated heterocycles. The molecule has 3 aromatic carbocycles. The van der Waals surface area contributed by atoms with Gasteiger partial charge in [0, 0.05) is 17.5 Å². The Morgan fingerprint density at radius 1 is 0.971 bits per heavy atom. The maximum atomic E-state index is 12.3. The number of anilines is 1. The van der Waals surface area contributed by atoms with E-state index in [1.807, 2.05) is 37.3 Å². The minimum Gasteiger partial charge on any atom is -0.497 e. The molecule has 1 aliphatic heterocycles. The maximum Gasteiger partial charge on any atom is 0.347 e. The summed E-state index contributed by atoms with van der Waals surface area (Å²) >= 11 is 0. The Kier molecular flexibility index (Phi) is 4.72. The van der Waals surface area contributed by atoms with Gasteiger partial charge in [0.15, 0.2) is 0 Å². The minimum absolute atomic E-state index is 0.380. The van der Waals surface area contributed by atoms with Crippen LogP contribution in [0.3, 0.4) is 0 Å². The highest BCUT2D eigenvalue weighted by molar-refractivity contribution is 5.90. The number of hydrogen-bond acceptors (Lipinski definition) is 6. The van der Waals surface area contributed by atoms with E-state index in [9.17, 15) is 4.79 Å². The van der Waals surface area contributed by atoms with Crippen molar-refractivity contribution < 1.29 is 9.47 Å². The van der Waals surface area contributed by atoms with Crippen molar-refractivity contribution in [2.24, 2.45) is 0 Å². The zero-order valence-electron chi connectivity index (χ0n) is 18.9. The lowest BCUT2D eigenvalue weighted by atomic mass is 10.0. The molecule has 0 saturated carbocycles. The Morgan fingerprint density at radius 3 is 2.71 bits per heavy atom. The van der Waals surface area contributed by atoms with Gasteiger partial charge in [0.25, 0.3) is 0 Å². The van der Waals surface area contributed by atoms with Crippen LogP contribution in [0.2, 0.25) is 0 Å². The molecule has 0 amide bonds. The number of methoxy groups -OCH3 is 1. The lowest BCUT2D eigenvalue weighted by Gasteiger charge is -2.22. The number of rotatable bonds is 3. The third kappa shape index (κ3) is 3.53. The zero-order chi connectivity index (χ0) is 23.2. The van der Waals surface area contributed by atoms with Crippen LogP contribution in [0.15, 0.2) is 59.4 Å². The summed E-state index contributed by atoms with van der Waals surface area (Å²) in [6.07, 6.45) is 0. The van der Waals surface area contributed by atoms with Crippen molar-refractivity contribution in [1.82, 2.24) is 19.9 Å². The van der Waals surface area contributed by atoms with Gasteiger partial charge in [0.05, 0.1) is 30.2 Å². The van der Waals surface area contributed by atoms with Gasteiger partial charge in [-0.15, -0.1) is 0 Å². The molecule has 2 aromatic heterocycles. The van der Waals surface area contributed by atoms with E-state index in [2.05, 4.69) is 49.1 Å². The lowest BCUT2D eigenvalue weighted by Crippen LogP contribution is -2.28. The molecule has 0 unspecified atom stereocenters. The minimum atomic E-state index is -0.380. The standard InChI is InChI=1S/C26H23N5O3/c1-15-27-22-6-3-17(12-23(22)28-15)16-4-8-24-18(11-16)14-31(9-10-34-24)25-20-13-19(33-2)5-7-21(20)29-26(32)30-25/h3-8,11-13H,9-10,14H2,1-2H3,(H,27,28)(H,29,30,32). The highest BCUT2D eigenvalue weighted by Crippen LogP contribution is 2.33. The van der Waals surface area contributed by atoms with Crippen LogP contribution in [0, 0.1) is 6.92 Å². The van der Waals surface area contributed by atoms with E-state index in [1.54, 1.807) is 7.11 Å². The SMILES string of the molecule is COc1ccc2[nH]c(=O)nc(N3CCOc4ccc(-c5ccc6nc(C)[nH]c6c5)cc4C3)c2c1. The summed E-state index contributed by atoms with van der Waals surface area (Å²) < 4.78 is 11.5. The number of fused-ring (bicyclic) bond motifs is 3. The number of aromatic amines is 2. The van der Waals surface area contributed by atoms with Crippen molar-refractivity contribution in [2.45, 2.75) is 13.5 Å². The Morgan fingerprint density at radius 2 is 1.82 bits per heavy atom. The summed E-state index contributed by atoms with van der Waals surface area (Å²) in [6.45, 7) is 3.62. The number of aryl methyl sites for hydroxylation is 1. The van der Waals surface area contributed by atoms with Gasteiger partial charge in [0.1, 0.15) is 29.7 Å². The van der Waals surface area contributed by atoms with Gasteiger partial charge in [-0.05, 0) is 60.5 Å². The molecular formula is C26H23N5O3. The molecule has 8 nitrogen and oxygen atoms in total. The fourth-order valence-electron chi connectivity index (χ4n) is 4.56. The summed E-state index contributed by atoms with van der Waals surface area (Å²) in [7, 11) is 1.62. The molecule has 6 rings (SSSR count). The number of hydrogen-bond donors (Lipinski definition) is 2. The predicted octanol–water partition coefficient (Wildman–Crippen LogP) is 4.18. The van der Waals surface area contributed by atoms with Crippen LogP contribution in [0.5, 0.6) is 11.5 Å². The first-order valence-corrected chi connectivity index (χ1v) is 11.1. The fraction of sp³-hybridized carbons (Fsp3) is 0.192. The van der Waals surface area contributed by atoms with E-state index in [0.717, 1.165) is 50.2 Å². The molecule has 8 heteroatoms. The maximum absolute atomic E-state index is 12.3. The Hall–Kier alpha value is -4.33. The van der Waals surface area contributed by atoms with Gasteiger partial charge < -0.3 is 24.3 Å². The molecule has 170 valence electrons. The van der Waals surface area contributed by atoms with Crippen LogP contribution in [0.1, 0.15) is 11.4 Å². The van der Waals surface area contributed by atoms with Crippen molar-refractivity contribution in [3.05, 3.63) is 76.5 Å². The first kappa shape index (κ1) is 20.3. The molecule has 3 heterocycles. The zero-order valence-corrected chi connectivity index (χ0v) is 18.9. The van der Waals surface area contributed by atoms with E-state index in [-0.39, 0.29) is 5.69 Å². The molecular weight excluding hydrogens is 430 g/mol. The Balaban J connectivity index is 1.41. The van der Waals surface area contributed by atoms with Crippen LogP contribution in [-0.4, -0.2) is 40.2 Å². The van der Waals surface area contributed by atoms with Gasteiger partial charge in [-0.2, -0.15) is 4.98 Å². The second-order valence-corrected chi connectivity index (χ2v) is 8.42. The average molecular weight is 454 g/mol. The van der Waals surface area contributed by atoms with Crippen molar-refractivity contribution in [2.75, 3.05) is 25.2 Å². The number of imidazole rings is 1. The second-order valence-electron chi connectivity index (χ2n) is 8.42. The molecule has 0 aliphatic carbocycles. The number of nitrogens with one attached hydrogen (secondary N) is 2. The largest absolute Gasteiger partial charge is 0.497 e. The third-order valence-electron chi connectivity index (χ3n) is 6.19. The summed E-state index contributed by atoms with van der Waals surface area (Å²) in [5.74, 6) is 3.07. The van der Waals surface area contributed by atoms with Gasteiger partial charge in [-0.1, -0.05) is 12.1 Å². The van der Waals surface area contributed by atoms with Crippen LogP contribution in [0.25, 0.3) is 33.1 Å². The highest BCUT2D eigenvalue weighted by atomic mass is 16.5. The van der Waals surface area contributed by atoms with E-state index >= 15 is 0 Å².